The van der Waals surface area contributed by atoms with Crippen molar-refractivity contribution in [3.63, 3.8) is 0 Å². The van der Waals surface area contributed by atoms with Gasteiger partial charge in [-0.15, -0.1) is 0 Å². The van der Waals surface area contributed by atoms with Crippen LogP contribution in [0, 0.1) is 5.41 Å². The predicted octanol–water partition coefficient (Wildman–Crippen LogP) is 6.44. The minimum atomic E-state index is -1.19. The zero-order valence-electron chi connectivity index (χ0n) is 21.3. The number of nitrogens with zero attached hydrogens (tertiary/aromatic N) is 2. The van der Waals surface area contributed by atoms with E-state index in [0.717, 1.165) is 16.6 Å². The Morgan fingerprint density at radius 3 is 2.45 bits per heavy atom. The first-order valence-electron chi connectivity index (χ1n) is 12.7. The first kappa shape index (κ1) is 26.7. The van der Waals surface area contributed by atoms with Gasteiger partial charge in [-0.05, 0) is 61.6 Å². The standard InChI is InChI=1S/C30H31FN4O3/c1-2-35-27-15-9-8-13-25(27)33-28(35)26(14-7-6-12-22(32)19-31)34-29(36)23-17-16-21(18-24(23)30(37)38)20-10-4-3-5-11-20/h3-5,8-11,13,15-18,26,32H,2,6-7,12,14,19H2,1H3,(H,34,36)(H,37,38)/t26-/m0/s1. The number of aryl methyl sites for hydroxylation is 1. The van der Waals surface area contributed by atoms with Crippen molar-refractivity contribution in [2.75, 3.05) is 6.67 Å². The zero-order chi connectivity index (χ0) is 27.1. The quantitative estimate of drug-likeness (QED) is 0.149. The lowest BCUT2D eigenvalue weighted by molar-refractivity contribution is 0.0690. The largest absolute Gasteiger partial charge is 0.478 e. The van der Waals surface area contributed by atoms with Crippen molar-refractivity contribution in [3.05, 3.63) is 89.7 Å². The summed E-state index contributed by atoms with van der Waals surface area (Å²) in [5.41, 5.74) is 3.36. The number of unbranched alkanes of at least 4 members (excludes halogenated alkanes) is 1. The van der Waals surface area contributed by atoms with Gasteiger partial charge in [0.2, 0.25) is 0 Å². The van der Waals surface area contributed by atoms with Crippen molar-refractivity contribution in [2.24, 2.45) is 0 Å². The van der Waals surface area contributed by atoms with E-state index in [0.29, 0.717) is 43.6 Å². The Balaban J connectivity index is 1.65. The third-order valence-electron chi connectivity index (χ3n) is 6.60. The lowest BCUT2D eigenvalue weighted by Gasteiger charge is -2.20. The Morgan fingerprint density at radius 1 is 1.00 bits per heavy atom. The molecule has 0 bridgehead atoms. The molecule has 0 unspecified atom stereocenters. The molecule has 7 nitrogen and oxygen atoms in total. The molecule has 1 atom stereocenters. The van der Waals surface area contributed by atoms with Crippen LogP contribution in [0.25, 0.3) is 22.2 Å². The number of fused-ring (bicyclic) bond motifs is 1. The van der Waals surface area contributed by atoms with Crippen LogP contribution in [0.1, 0.15) is 65.2 Å². The number of nitrogens with one attached hydrogen (secondary N) is 2. The van der Waals surface area contributed by atoms with Crippen LogP contribution in [0.4, 0.5) is 4.39 Å². The van der Waals surface area contributed by atoms with Crippen molar-refractivity contribution in [2.45, 2.75) is 45.2 Å². The molecule has 0 aliphatic rings. The Labute approximate surface area is 220 Å². The number of para-hydroxylation sites is 2. The Bertz CT molecular complexity index is 1450. The van der Waals surface area contributed by atoms with E-state index in [2.05, 4.69) is 5.32 Å². The number of imidazole rings is 1. The Hall–Kier alpha value is -4.33. The molecule has 0 saturated heterocycles. The summed E-state index contributed by atoms with van der Waals surface area (Å²) in [5.74, 6) is -1.01. The molecular formula is C30H31FN4O3. The highest BCUT2D eigenvalue weighted by molar-refractivity contribution is 6.05. The molecule has 0 radical (unpaired) electrons. The fraction of sp³-hybridized carbons (Fsp3) is 0.267. The molecule has 0 spiro atoms. The average molecular weight is 515 g/mol. The number of carbonyl (C=O) groups excluding carboxylic acids is 1. The number of halogens is 1. The van der Waals surface area contributed by atoms with Gasteiger partial charge in [0.15, 0.2) is 0 Å². The van der Waals surface area contributed by atoms with Crippen LogP contribution >= 0.6 is 0 Å². The lowest BCUT2D eigenvalue weighted by Crippen LogP contribution is -2.31. The summed E-state index contributed by atoms with van der Waals surface area (Å²) in [6.07, 6.45) is 2.11. The first-order valence-corrected chi connectivity index (χ1v) is 12.7. The van der Waals surface area contributed by atoms with Crippen molar-refractivity contribution in [1.82, 2.24) is 14.9 Å². The molecule has 0 fully saturated rings. The summed E-state index contributed by atoms with van der Waals surface area (Å²) < 4.78 is 14.8. The molecule has 3 N–H and O–H groups in total. The van der Waals surface area contributed by atoms with Crippen LogP contribution in [0.5, 0.6) is 0 Å². The molecule has 0 aliphatic carbocycles. The molecule has 0 saturated carbocycles. The number of hydrogen-bond donors (Lipinski definition) is 3. The third kappa shape index (κ3) is 5.96. The van der Waals surface area contributed by atoms with Crippen molar-refractivity contribution in [1.29, 1.82) is 5.41 Å². The maximum Gasteiger partial charge on any atom is 0.336 e. The average Bonchev–Trinajstić information content (AvgIpc) is 3.33. The second kappa shape index (κ2) is 12.3. The number of carboxylic acids is 1. The van der Waals surface area contributed by atoms with Crippen LogP contribution in [0.3, 0.4) is 0 Å². The number of aromatic carboxylic acids is 1. The number of rotatable bonds is 12. The van der Waals surface area contributed by atoms with Gasteiger partial charge in [0, 0.05) is 12.3 Å². The van der Waals surface area contributed by atoms with Crippen molar-refractivity contribution < 1.29 is 19.1 Å². The molecular weight excluding hydrogens is 483 g/mol. The SMILES string of the molecule is CCn1c([C@H](CCCCC(=N)CF)NC(=O)c2ccc(-c3ccccc3)cc2C(=O)O)nc2ccccc21. The van der Waals surface area contributed by atoms with E-state index in [1.54, 1.807) is 12.1 Å². The highest BCUT2D eigenvalue weighted by Gasteiger charge is 2.25. The number of benzene rings is 3. The molecule has 8 heteroatoms. The molecule has 196 valence electrons. The van der Waals surface area contributed by atoms with Gasteiger partial charge in [0.05, 0.1) is 28.2 Å². The molecule has 4 rings (SSSR count). The highest BCUT2D eigenvalue weighted by Crippen LogP contribution is 2.27. The Morgan fingerprint density at radius 2 is 1.74 bits per heavy atom. The first-order chi connectivity index (χ1) is 18.4. The smallest absolute Gasteiger partial charge is 0.336 e. The van der Waals surface area contributed by atoms with Crippen LogP contribution < -0.4 is 5.32 Å². The maximum atomic E-state index is 13.5. The van der Waals surface area contributed by atoms with E-state index < -0.39 is 24.6 Å². The van der Waals surface area contributed by atoms with E-state index in [1.807, 2.05) is 66.1 Å². The van der Waals surface area contributed by atoms with Gasteiger partial charge < -0.3 is 20.4 Å². The minimum Gasteiger partial charge on any atom is -0.478 e. The molecule has 1 heterocycles. The van der Waals surface area contributed by atoms with Crippen LogP contribution in [-0.2, 0) is 6.54 Å². The molecule has 38 heavy (non-hydrogen) atoms. The normalized spacial score (nSPS) is 11.8. The van der Waals surface area contributed by atoms with Gasteiger partial charge in [-0.3, -0.25) is 4.79 Å². The molecule has 1 aromatic heterocycles. The summed E-state index contributed by atoms with van der Waals surface area (Å²) in [6, 6.07) is 21.4. The van der Waals surface area contributed by atoms with Crippen molar-refractivity contribution in [3.8, 4) is 11.1 Å². The minimum absolute atomic E-state index is 0.0518. The van der Waals surface area contributed by atoms with E-state index in [1.165, 1.54) is 6.07 Å². The number of alkyl halides is 1. The number of carboxylic acid groups (broad SMARTS) is 1. The van der Waals surface area contributed by atoms with E-state index in [9.17, 15) is 19.1 Å². The molecule has 1 amide bonds. The topological polar surface area (TPSA) is 108 Å². The molecule has 0 aliphatic heterocycles. The summed E-state index contributed by atoms with van der Waals surface area (Å²) in [4.78, 5) is 30.4. The van der Waals surface area contributed by atoms with Crippen LogP contribution in [-0.4, -0.2) is 38.9 Å². The van der Waals surface area contributed by atoms with E-state index in [-0.39, 0.29) is 16.8 Å². The van der Waals surface area contributed by atoms with Crippen LogP contribution in [0.2, 0.25) is 0 Å². The fourth-order valence-corrected chi connectivity index (χ4v) is 4.68. The summed E-state index contributed by atoms with van der Waals surface area (Å²) in [6.45, 7) is 1.88. The van der Waals surface area contributed by atoms with Gasteiger partial charge in [-0.2, -0.15) is 0 Å². The van der Waals surface area contributed by atoms with Gasteiger partial charge in [0.1, 0.15) is 12.5 Å². The van der Waals surface area contributed by atoms with Gasteiger partial charge in [-0.25, -0.2) is 14.2 Å². The second-order valence-corrected chi connectivity index (χ2v) is 9.14. The second-order valence-electron chi connectivity index (χ2n) is 9.14. The van der Waals surface area contributed by atoms with Crippen LogP contribution in [0.15, 0.2) is 72.8 Å². The van der Waals surface area contributed by atoms with E-state index >= 15 is 0 Å². The zero-order valence-corrected chi connectivity index (χ0v) is 21.3. The highest BCUT2D eigenvalue weighted by atomic mass is 19.1. The molecule has 3 aromatic carbocycles. The predicted molar refractivity (Wildman–Crippen MR) is 147 cm³/mol. The summed E-state index contributed by atoms with van der Waals surface area (Å²) >= 11 is 0. The molecule has 4 aromatic rings. The van der Waals surface area contributed by atoms with Gasteiger partial charge in [-0.1, -0.05) is 55.0 Å². The van der Waals surface area contributed by atoms with Crippen molar-refractivity contribution >= 4 is 28.6 Å². The maximum absolute atomic E-state index is 13.5. The van der Waals surface area contributed by atoms with E-state index in [4.69, 9.17) is 10.4 Å². The number of amides is 1. The number of aromatic nitrogens is 2. The summed E-state index contributed by atoms with van der Waals surface area (Å²) in [7, 11) is 0. The number of hydrogen-bond acceptors (Lipinski definition) is 4. The fourth-order valence-electron chi connectivity index (χ4n) is 4.68. The Kier molecular flexibility index (Phi) is 8.63. The monoisotopic (exact) mass is 514 g/mol. The third-order valence-corrected chi connectivity index (χ3v) is 6.60. The van der Waals surface area contributed by atoms with Gasteiger partial charge in [0.25, 0.3) is 5.91 Å². The number of carbonyl (C=O) groups is 2. The summed E-state index contributed by atoms with van der Waals surface area (Å²) in [5, 5.41) is 20.5. The lowest BCUT2D eigenvalue weighted by atomic mass is 9.98. The van der Waals surface area contributed by atoms with Gasteiger partial charge >= 0.3 is 5.97 Å².